The van der Waals surface area contributed by atoms with Crippen molar-refractivity contribution < 1.29 is 13.5 Å². The van der Waals surface area contributed by atoms with Crippen LogP contribution in [0.4, 0.5) is 8.78 Å². The number of benzene rings is 1. The van der Waals surface area contributed by atoms with Crippen LogP contribution in [0.25, 0.3) is 0 Å². The zero-order chi connectivity index (χ0) is 12.4. The summed E-state index contributed by atoms with van der Waals surface area (Å²) in [5, 5.41) is 3.24. The van der Waals surface area contributed by atoms with Crippen LogP contribution in [0.2, 0.25) is 0 Å². The van der Waals surface area contributed by atoms with Crippen LogP contribution in [0.1, 0.15) is 11.6 Å². The van der Waals surface area contributed by atoms with Crippen molar-refractivity contribution in [3.63, 3.8) is 0 Å². The van der Waals surface area contributed by atoms with Crippen LogP contribution in [0.5, 0.6) is 5.75 Å². The topological polar surface area (TPSA) is 24.5 Å². The quantitative estimate of drug-likeness (QED) is 0.851. The number of hydrogen-bond donors (Lipinski definition) is 1. The van der Waals surface area contributed by atoms with Crippen LogP contribution >= 0.6 is 0 Å². The van der Waals surface area contributed by atoms with Crippen molar-refractivity contribution in [2.45, 2.75) is 6.04 Å². The van der Waals surface area contributed by atoms with Crippen molar-refractivity contribution in [3.8, 4) is 5.75 Å². The van der Waals surface area contributed by atoms with Crippen molar-refractivity contribution >= 4 is 0 Å². The third-order valence-corrected chi connectivity index (χ3v) is 3.14. The van der Waals surface area contributed by atoms with Gasteiger partial charge in [-0.1, -0.05) is 0 Å². The molecule has 1 aromatic rings. The highest BCUT2D eigenvalue weighted by atomic mass is 19.2. The largest absolute Gasteiger partial charge is 0.496 e. The molecule has 0 bridgehead atoms. The second-order valence-electron chi connectivity index (χ2n) is 4.21. The number of methoxy groups -OCH3 is 1. The van der Waals surface area contributed by atoms with Gasteiger partial charge in [-0.25, -0.2) is 8.78 Å². The zero-order valence-electron chi connectivity index (χ0n) is 9.96. The number of rotatable bonds is 2. The highest BCUT2D eigenvalue weighted by Crippen LogP contribution is 2.31. The van der Waals surface area contributed by atoms with Gasteiger partial charge in [0.15, 0.2) is 11.6 Å². The Morgan fingerprint density at radius 2 is 2.06 bits per heavy atom. The predicted octanol–water partition coefficient (Wildman–Crippen LogP) is 1.55. The molecule has 1 aliphatic heterocycles. The second kappa shape index (κ2) is 4.98. The van der Waals surface area contributed by atoms with Crippen molar-refractivity contribution in [2.75, 3.05) is 33.8 Å². The van der Waals surface area contributed by atoms with E-state index in [1.165, 1.54) is 13.2 Å². The van der Waals surface area contributed by atoms with E-state index in [1.54, 1.807) is 0 Å². The molecule has 94 valence electrons. The summed E-state index contributed by atoms with van der Waals surface area (Å²) in [5.74, 6) is -1.32. The van der Waals surface area contributed by atoms with Crippen LogP contribution in [0, 0.1) is 11.6 Å². The maximum atomic E-state index is 13.3. The summed E-state index contributed by atoms with van der Waals surface area (Å²) in [6, 6.07) is 2.34. The molecule has 1 heterocycles. The smallest absolute Gasteiger partial charge is 0.162 e. The minimum atomic E-state index is -0.878. The van der Waals surface area contributed by atoms with E-state index in [0.717, 1.165) is 19.2 Å². The Kier molecular flexibility index (Phi) is 3.59. The van der Waals surface area contributed by atoms with Crippen molar-refractivity contribution in [1.82, 2.24) is 10.2 Å². The molecule has 0 saturated carbocycles. The number of ether oxygens (including phenoxy) is 1. The van der Waals surface area contributed by atoms with Gasteiger partial charge >= 0.3 is 0 Å². The highest BCUT2D eigenvalue weighted by Gasteiger charge is 2.25. The first-order valence-corrected chi connectivity index (χ1v) is 5.57. The molecule has 1 unspecified atom stereocenters. The molecule has 1 aliphatic rings. The lowest BCUT2D eigenvalue weighted by molar-refractivity contribution is 0.197. The summed E-state index contributed by atoms with van der Waals surface area (Å²) in [5.41, 5.74) is 0.682. The fourth-order valence-electron chi connectivity index (χ4n) is 2.13. The molecule has 2 rings (SSSR count). The van der Waals surface area contributed by atoms with E-state index in [4.69, 9.17) is 4.74 Å². The third-order valence-electron chi connectivity index (χ3n) is 3.14. The summed E-state index contributed by atoms with van der Waals surface area (Å²) in [6.07, 6.45) is 0. The first-order chi connectivity index (χ1) is 8.13. The Bertz CT molecular complexity index is 412. The summed E-state index contributed by atoms with van der Waals surface area (Å²) < 4.78 is 31.6. The maximum absolute atomic E-state index is 13.3. The van der Waals surface area contributed by atoms with E-state index < -0.39 is 11.6 Å². The normalized spacial score (nSPS) is 21.5. The SMILES string of the molecule is COc1cc(F)c(F)cc1C1CNCCN1C. The van der Waals surface area contributed by atoms with E-state index in [2.05, 4.69) is 10.2 Å². The van der Waals surface area contributed by atoms with Crippen molar-refractivity contribution in [1.29, 1.82) is 0 Å². The number of piperazine rings is 1. The molecule has 0 aromatic heterocycles. The average Bonchev–Trinajstić information content (AvgIpc) is 2.33. The maximum Gasteiger partial charge on any atom is 0.162 e. The first-order valence-electron chi connectivity index (χ1n) is 5.57. The molecule has 0 spiro atoms. The Balaban J connectivity index is 2.38. The van der Waals surface area contributed by atoms with E-state index >= 15 is 0 Å². The van der Waals surface area contributed by atoms with Crippen molar-refractivity contribution in [3.05, 3.63) is 29.3 Å². The van der Waals surface area contributed by atoms with Gasteiger partial charge in [-0.2, -0.15) is 0 Å². The number of likely N-dealkylation sites (N-methyl/N-ethyl adjacent to an activating group) is 1. The van der Waals surface area contributed by atoms with E-state index in [-0.39, 0.29) is 6.04 Å². The molecule has 5 heteroatoms. The molecule has 0 amide bonds. The second-order valence-corrected chi connectivity index (χ2v) is 4.21. The fraction of sp³-hybridized carbons (Fsp3) is 0.500. The van der Waals surface area contributed by atoms with Gasteiger partial charge in [0, 0.05) is 31.3 Å². The van der Waals surface area contributed by atoms with Crippen LogP contribution in [0.3, 0.4) is 0 Å². The molecule has 0 radical (unpaired) electrons. The zero-order valence-corrected chi connectivity index (χ0v) is 9.96. The highest BCUT2D eigenvalue weighted by molar-refractivity contribution is 5.37. The van der Waals surface area contributed by atoms with Gasteiger partial charge in [-0.3, -0.25) is 4.90 Å². The van der Waals surface area contributed by atoms with Gasteiger partial charge in [0.25, 0.3) is 0 Å². The lowest BCUT2D eigenvalue weighted by atomic mass is 10.0. The molecule has 17 heavy (non-hydrogen) atoms. The molecular formula is C12H16F2N2O. The van der Waals surface area contributed by atoms with Crippen molar-refractivity contribution in [2.24, 2.45) is 0 Å². The van der Waals surface area contributed by atoms with Crippen LogP contribution in [-0.4, -0.2) is 38.7 Å². The summed E-state index contributed by atoms with van der Waals surface area (Å²) in [6.45, 7) is 2.48. The van der Waals surface area contributed by atoms with Crippen LogP contribution in [0.15, 0.2) is 12.1 Å². The van der Waals surface area contributed by atoms with Gasteiger partial charge in [0.2, 0.25) is 0 Å². The van der Waals surface area contributed by atoms with Crippen LogP contribution in [-0.2, 0) is 0 Å². The van der Waals surface area contributed by atoms with E-state index in [0.29, 0.717) is 17.9 Å². The van der Waals surface area contributed by atoms with E-state index in [1.807, 2.05) is 7.05 Å². The van der Waals surface area contributed by atoms with Gasteiger partial charge in [0.1, 0.15) is 5.75 Å². The Labute approximate surface area is 99.4 Å². The fourth-order valence-corrected chi connectivity index (χ4v) is 2.13. The standard InChI is InChI=1S/C12H16F2N2O/c1-16-4-3-15-7-11(16)8-5-9(13)10(14)6-12(8)17-2/h5-6,11,15H,3-4,7H2,1-2H3. The molecular weight excluding hydrogens is 226 g/mol. The van der Waals surface area contributed by atoms with Gasteiger partial charge in [-0.15, -0.1) is 0 Å². The lowest BCUT2D eigenvalue weighted by Gasteiger charge is -2.34. The Morgan fingerprint density at radius 3 is 2.71 bits per heavy atom. The molecule has 3 nitrogen and oxygen atoms in total. The predicted molar refractivity (Wildman–Crippen MR) is 61.2 cm³/mol. The molecule has 0 aliphatic carbocycles. The third kappa shape index (κ3) is 2.40. The molecule has 1 aromatic carbocycles. The number of nitrogens with one attached hydrogen (secondary N) is 1. The summed E-state index contributed by atoms with van der Waals surface area (Å²) in [7, 11) is 3.43. The van der Waals surface area contributed by atoms with E-state index in [9.17, 15) is 8.78 Å². The molecule has 1 N–H and O–H groups in total. The summed E-state index contributed by atoms with van der Waals surface area (Å²) >= 11 is 0. The molecule has 1 fully saturated rings. The van der Waals surface area contributed by atoms with Gasteiger partial charge in [0.05, 0.1) is 13.2 Å². The lowest BCUT2D eigenvalue weighted by Crippen LogP contribution is -2.43. The molecule has 1 atom stereocenters. The minimum Gasteiger partial charge on any atom is -0.496 e. The minimum absolute atomic E-state index is 0.00815. The number of nitrogens with zero attached hydrogens (tertiary/aromatic N) is 1. The summed E-state index contributed by atoms with van der Waals surface area (Å²) in [4.78, 5) is 2.10. The average molecular weight is 242 g/mol. The Hall–Kier alpha value is -1.20. The van der Waals surface area contributed by atoms with Gasteiger partial charge in [-0.05, 0) is 13.1 Å². The number of halogens is 2. The first kappa shape index (κ1) is 12.3. The monoisotopic (exact) mass is 242 g/mol. The van der Waals surface area contributed by atoms with Crippen LogP contribution < -0.4 is 10.1 Å². The number of hydrogen-bond acceptors (Lipinski definition) is 3. The van der Waals surface area contributed by atoms with Gasteiger partial charge < -0.3 is 10.1 Å². The molecule has 1 saturated heterocycles. The Morgan fingerprint density at radius 1 is 1.35 bits per heavy atom.